The van der Waals surface area contributed by atoms with E-state index in [9.17, 15) is 18.7 Å². The molecule has 0 bridgehead atoms. The summed E-state index contributed by atoms with van der Waals surface area (Å²) >= 11 is 0. The molecular formula is C17H26F2N2O3. The van der Waals surface area contributed by atoms with Gasteiger partial charge < -0.3 is 20.5 Å². The van der Waals surface area contributed by atoms with E-state index >= 15 is 0 Å². The van der Waals surface area contributed by atoms with E-state index in [1.165, 1.54) is 13.2 Å². The Morgan fingerprint density at radius 3 is 2.58 bits per heavy atom. The molecule has 0 saturated heterocycles. The van der Waals surface area contributed by atoms with Gasteiger partial charge in [-0.15, -0.1) is 0 Å². The highest BCUT2D eigenvalue weighted by Crippen LogP contribution is 2.19. The summed E-state index contributed by atoms with van der Waals surface area (Å²) in [7, 11) is 1.44. The van der Waals surface area contributed by atoms with E-state index in [0.29, 0.717) is 5.56 Å². The summed E-state index contributed by atoms with van der Waals surface area (Å²) in [5.41, 5.74) is -0.648. The Labute approximate surface area is 141 Å². The SMILES string of the molecule is CCC(C)C(C)(O)CNC(=O)NC(COC)c1ccc(F)c(F)c1. The predicted molar refractivity (Wildman–Crippen MR) is 87.6 cm³/mol. The lowest BCUT2D eigenvalue weighted by molar-refractivity contribution is 0.00776. The van der Waals surface area contributed by atoms with Crippen molar-refractivity contribution < 1.29 is 23.4 Å². The maximum atomic E-state index is 13.4. The molecule has 24 heavy (non-hydrogen) atoms. The molecule has 0 aromatic heterocycles. The summed E-state index contributed by atoms with van der Waals surface area (Å²) < 4.78 is 31.4. The summed E-state index contributed by atoms with van der Waals surface area (Å²) in [6.45, 7) is 5.68. The average molecular weight is 344 g/mol. The summed E-state index contributed by atoms with van der Waals surface area (Å²) in [6, 6.07) is 2.25. The Kier molecular flexibility index (Phi) is 7.57. The molecule has 5 nitrogen and oxygen atoms in total. The number of hydrogen-bond donors (Lipinski definition) is 3. The van der Waals surface area contributed by atoms with Crippen molar-refractivity contribution in [3.8, 4) is 0 Å². The first-order valence-corrected chi connectivity index (χ1v) is 7.91. The zero-order valence-electron chi connectivity index (χ0n) is 14.5. The van der Waals surface area contributed by atoms with Crippen molar-refractivity contribution in [1.29, 1.82) is 0 Å². The van der Waals surface area contributed by atoms with Crippen LogP contribution in [0, 0.1) is 17.6 Å². The molecule has 3 atom stereocenters. The number of halogens is 2. The number of ether oxygens (including phenoxy) is 1. The van der Waals surface area contributed by atoms with Crippen LogP contribution in [0.1, 0.15) is 38.8 Å². The van der Waals surface area contributed by atoms with Crippen LogP contribution in [0.3, 0.4) is 0 Å². The standard InChI is InChI=1S/C17H26F2N2O3/c1-5-11(2)17(3,23)10-20-16(22)21-15(9-24-4)12-6-7-13(18)14(19)8-12/h6-8,11,15,23H,5,9-10H2,1-4H3,(H2,20,21,22). The van der Waals surface area contributed by atoms with Gasteiger partial charge in [-0.1, -0.05) is 26.3 Å². The number of methoxy groups -OCH3 is 1. The highest BCUT2D eigenvalue weighted by Gasteiger charge is 2.27. The van der Waals surface area contributed by atoms with Crippen LogP contribution in [0.15, 0.2) is 18.2 Å². The highest BCUT2D eigenvalue weighted by atomic mass is 19.2. The summed E-state index contributed by atoms with van der Waals surface area (Å²) in [5.74, 6) is -1.93. The number of amides is 2. The van der Waals surface area contributed by atoms with E-state index in [0.717, 1.165) is 18.6 Å². The maximum absolute atomic E-state index is 13.4. The minimum Gasteiger partial charge on any atom is -0.388 e. The second kappa shape index (κ2) is 8.94. The third kappa shape index (κ3) is 5.72. The molecule has 1 rings (SSSR count). The number of carbonyl (C=O) groups is 1. The smallest absolute Gasteiger partial charge is 0.315 e. The largest absolute Gasteiger partial charge is 0.388 e. The number of carbonyl (C=O) groups excluding carboxylic acids is 1. The Balaban J connectivity index is 2.71. The van der Waals surface area contributed by atoms with Gasteiger partial charge in [-0.2, -0.15) is 0 Å². The number of benzene rings is 1. The molecule has 0 aliphatic rings. The minimum absolute atomic E-state index is 0.0127. The zero-order chi connectivity index (χ0) is 18.3. The van der Waals surface area contributed by atoms with E-state index in [2.05, 4.69) is 10.6 Å². The van der Waals surface area contributed by atoms with E-state index < -0.39 is 29.3 Å². The molecule has 2 amide bonds. The van der Waals surface area contributed by atoms with E-state index in [1.54, 1.807) is 6.92 Å². The van der Waals surface area contributed by atoms with Gasteiger partial charge >= 0.3 is 6.03 Å². The summed E-state index contributed by atoms with van der Waals surface area (Å²) in [4.78, 5) is 12.1. The number of hydrogen-bond acceptors (Lipinski definition) is 3. The molecule has 0 saturated carbocycles. The van der Waals surface area contributed by atoms with E-state index in [4.69, 9.17) is 4.74 Å². The van der Waals surface area contributed by atoms with Crippen molar-refractivity contribution in [2.24, 2.45) is 5.92 Å². The predicted octanol–water partition coefficient (Wildman–Crippen LogP) is 2.75. The van der Waals surface area contributed by atoms with Gasteiger partial charge in [-0.05, 0) is 30.5 Å². The van der Waals surface area contributed by atoms with Crippen LogP contribution in [0.4, 0.5) is 13.6 Å². The van der Waals surface area contributed by atoms with Gasteiger partial charge in [0, 0.05) is 13.7 Å². The van der Waals surface area contributed by atoms with Crippen LogP contribution in [0.2, 0.25) is 0 Å². The highest BCUT2D eigenvalue weighted by molar-refractivity contribution is 5.74. The van der Waals surface area contributed by atoms with Crippen molar-refractivity contribution in [3.05, 3.63) is 35.4 Å². The van der Waals surface area contributed by atoms with Gasteiger partial charge in [0.05, 0.1) is 18.2 Å². The number of rotatable bonds is 8. The number of urea groups is 1. The van der Waals surface area contributed by atoms with Crippen LogP contribution < -0.4 is 10.6 Å². The fourth-order valence-corrected chi connectivity index (χ4v) is 2.20. The second-order valence-electron chi connectivity index (χ2n) is 6.17. The van der Waals surface area contributed by atoms with Gasteiger partial charge in [-0.25, -0.2) is 13.6 Å². The molecule has 136 valence electrons. The third-order valence-electron chi connectivity index (χ3n) is 4.27. The molecule has 3 unspecified atom stereocenters. The second-order valence-corrected chi connectivity index (χ2v) is 6.17. The van der Waals surface area contributed by atoms with Crippen molar-refractivity contribution in [2.75, 3.05) is 20.3 Å². The van der Waals surface area contributed by atoms with E-state index in [1.807, 2.05) is 13.8 Å². The molecule has 0 aliphatic carbocycles. The molecule has 0 heterocycles. The lowest BCUT2D eigenvalue weighted by atomic mass is 9.89. The van der Waals surface area contributed by atoms with Gasteiger partial charge in [0.1, 0.15) is 0 Å². The zero-order valence-corrected chi connectivity index (χ0v) is 14.5. The fourth-order valence-electron chi connectivity index (χ4n) is 2.20. The Morgan fingerprint density at radius 2 is 2.04 bits per heavy atom. The monoisotopic (exact) mass is 344 g/mol. The van der Waals surface area contributed by atoms with Crippen LogP contribution in [0.5, 0.6) is 0 Å². The first-order chi connectivity index (χ1) is 11.2. The topological polar surface area (TPSA) is 70.6 Å². The summed E-state index contributed by atoms with van der Waals surface area (Å²) in [6.07, 6.45) is 0.775. The van der Waals surface area contributed by atoms with Crippen molar-refractivity contribution >= 4 is 6.03 Å². The fraction of sp³-hybridized carbons (Fsp3) is 0.588. The van der Waals surface area contributed by atoms with Gasteiger partial charge in [0.25, 0.3) is 0 Å². The number of nitrogens with one attached hydrogen (secondary N) is 2. The van der Waals surface area contributed by atoms with Crippen molar-refractivity contribution in [3.63, 3.8) is 0 Å². The van der Waals surface area contributed by atoms with Crippen molar-refractivity contribution in [1.82, 2.24) is 10.6 Å². The molecule has 3 N–H and O–H groups in total. The van der Waals surface area contributed by atoms with Gasteiger partial charge in [0.15, 0.2) is 11.6 Å². The maximum Gasteiger partial charge on any atom is 0.315 e. The normalized spacial score (nSPS) is 16.1. The first kappa shape index (κ1) is 20.3. The Hall–Kier alpha value is -1.73. The molecule has 0 radical (unpaired) electrons. The first-order valence-electron chi connectivity index (χ1n) is 7.91. The van der Waals surface area contributed by atoms with Gasteiger partial charge in [0.2, 0.25) is 0 Å². The average Bonchev–Trinajstić information content (AvgIpc) is 2.54. The Morgan fingerprint density at radius 1 is 1.38 bits per heavy atom. The molecule has 1 aromatic rings. The Bertz CT molecular complexity index is 553. The third-order valence-corrected chi connectivity index (χ3v) is 4.27. The molecule has 0 spiro atoms. The lowest BCUT2D eigenvalue weighted by Crippen LogP contribution is -2.48. The molecule has 1 aromatic carbocycles. The van der Waals surface area contributed by atoms with E-state index in [-0.39, 0.29) is 19.1 Å². The number of aliphatic hydroxyl groups is 1. The molecule has 0 fully saturated rings. The van der Waals surface area contributed by atoms with Crippen LogP contribution >= 0.6 is 0 Å². The van der Waals surface area contributed by atoms with Crippen LogP contribution in [-0.4, -0.2) is 37.0 Å². The van der Waals surface area contributed by atoms with Gasteiger partial charge in [-0.3, -0.25) is 0 Å². The van der Waals surface area contributed by atoms with Crippen LogP contribution in [-0.2, 0) is 4.74 Å². The molecular weight excluding hydrogens is 318 g/mol. The minimum atomic E-state index is -1.04. The quantitative estimate of drug-likeness (QED) is 0.679. The molecule has 0 aliphatic heterocycles. The van der Waals surface area contributed by atoms with Crippen LogP contribution in [0.25, 0.3) is 0 Å². The summed E-state index contributed by atoms with van der Waals surface area (Å²) in [5, 5.41) is 15.5. The lowest BCUT2D eigenvalue weighted by Gasteiger charge is -2.30. The van der Waals surface area contributed by atoms with Crippen molar-refractivity contribution in [2.45, 2.75) is 38.8 Å². The molecule has 7 heteroatoms.